The van der Waals surface area contributed by atoms with Crippen molar-refractivity contribution in [2.75, 3.05) is 13.7 Å². The van der Waals surface area contributed by atoms with Crippen molar-refractivity contribution in [2.24, 2.45) is 0 Å². The molecule has 3 aromatic heterocycles. The number of aromatic nitrogens is 2. The average molecular weight is 460 g/mol. The summed E-state index contributed by atoms with van der Waals surface area (Å²) in [6, 6.07) is 13.8. The fourth-order valence-corrected chi connectivity index (χ4v) is 4.91. The van der Waals surface area contributed by atoms with Gasteiger partial charge in [0.2, 0.25) is 5.78 Å². The second-order valence-electron chi connectivity index (χ2n) is 7.70. The summed E-state index contributed by atoms with van der Waals surface area (Å²) in [5.41, 5.74) is 2.58. The molecule has 5 rings (SSSR count). The first kappa shape index (κ1) is 21.0. The van der Waals surface area contributed by atoms with Crippen LogP contribution in [0.5, 0.6) is 5.75 Å². The molecule has 0 fully saturated rings. The minimum absolute atomic E-state index is 0.0711. The zero-order chi connectivity index (χ0) is 22.9. The van der Waals surface area contributed by atoms with Crippen LogP contribution < -0.4 is 4.74 Å². The number of hydrogen-bond acceptors (Lipinski definition) is 6. The first-order valence-corrected chi connectivity index (χ1v) is 11.3. The van der Waals surface area contributed by atoms with Crippen LogP contribution in [0.15, 0.2) is 77.6 Å². The number of H-pyrrole nitrogens is 1. The highest BCUT2D eigenvalue weighted by atomic mass is 32.1. The van der Waals surface area contributed by atoms with Crippen LogP contribution in [0.1, 0.15) is 27.0 Å². The summed E-state index contributed by atoms with van der Waals surface area (Å²) in [7, 11) is 1.62. The van der Waals surface area contributed by atoms with E-state index < -0.39 is 17.7 Å². The number of ether oxygens (including phenoxy) is 1. The van der Waals surface area contributed by atoms with Crippen LogP contribution in [0.4, 0.5) is 0 Å². The highest BCUT2D eigenvalue weighted by molar-refractivity contribution is 7.12. The number of Topliss-reactive ketones (excluding diaryl/α,β-unsaturated/α-hetero) is 1. The van der Waals surface area contributed by atoms with E-state index in [1.165, 1.54) is 16.2 Å². The lowest BCUT2D eigenvalue weighted by atomic mass is 9.98. The maximum atomic E-state index is 13.2. The molecule has 0 saturated carbocycles. The maximum Gasteiger partial charge on any atom is 0.290 e. The van der Waals surface area contributed by atoms with Crippen LogP contribution >= 0.6 is 11.3 Å². The van der Waals surface area contributed by atoms with E-state index in [1.54, 1.807) is 49.0 Å². The molecule has 0 spiro atoms. The summed E-state index contributed by atoms with van der Waals surface area (Å²) in [4.78, 5) is 36.0. The SMILES string of the molecule is COc1ccc2[nH]cc(CCN3C(=O)C(O)=C(C(=O)c4cccs4)[C@@H]3c3ccccn3)c2c1. The third-order valence-electron chi connectivity index (χ3n) is 5.86. The van der Waals surface area contributed by atoms with Gasteiger partial charge in [-0.25, -0.2) is 0 Å². The van der Waals surface area contributed by atoms with Gasteiger partial charge in [-0.15, -0.1) is 11.3 Å². The van der Waals surface area contributed by atoms with E-state index in [2.05, 4.69) is 9.97 Å². The van der Waals surface area contributed by atoms with E-state index in [0.717, 1.165) is 22.2 Å². The lowest BCUT2D eigenvalue weighted by Crippen LogP contribution is -2.33. The molecule has 0 unspecified atom stereocenters. The number of fused-ring (bicyclic) bond motifs is 1. The van der Waals surface area contributed by atoms with Crippen LogP contribution in [-0.4, -0.2) is 45.3 Å². The van der Waals surface area contributed by atoms with Gasteiger partial charge in [0.05, 0.1) is 23.3 Å². The largest absolute Gasteiger partial charge is 0.503 e. The van der Waals surface area contributed by atoms with Gasteiger partial charge in [0.1, 0.15) is 11.8 Å². The summed E-state index contributed by atoms with van der Waals surface area (Å²) in [6.07, 6.45) is 4.05. The number of nitrogens with zero attached hydrogens (tertiary/aromatic N) is 2. The Kier molecular flexibility index (Phi) is 5.43. The molecule has 1 atom stereocenters. The highest BCUT2D eigenvalue weighted by Gasteiger charge is 2.44. The van der Waals surface area contributed by atoms with Gasteiger partial charge < -0.3 is 19.7 Å². The van der Waals surface area contributed by atoms with Gasteiger partial charge in [0.25, 0.3) is 5.91 Å². The number of aliphatic hydroxyl groups excluding tert-OH is 1. The number of methoxy groups -OCH3 is 1. The molecule has 0 saturated heterocycles. The number of ketones is 1. The van der Waals surface area contributed by atoms with Gasteiger partial charge >= 0.3 is 0 Å². The van der Waals surface area contributed by atoms with Gasteiger partial charge in [0.15, 0.2) is 5.76 Å². The molecule has 0 bridgehead atoms. The summed E-state index contributed by atoms with van der Waals surface area (Å²) in [5, 5.41) is 13.5. The van der Waals surface area contributed by atoms with Gasteiger partial charge in [0, 0.05) is 29.8 Å². The normalized spacial score (nSPS) is 16.1. The Morgan fingerprint density at radius 2 is 2.12 bits per heavy atom. The fourth-order valence-electron chi connectivity index (χ4n) is 4.23. The summed E-state index contributed by atoms with van der Waals surface area (Å²) in [6.45, 7) is 0.301. The Hall–Kier alpha value is -3.91. The standard InChI is InChI=1S/C25H21N3O4S/c1-32-16-7-8-18-17(13-16)15(14-27-18)9-11-28-22(19-5-2-3-10-26-19)21(24(30)25(28)31)23(29)20-6-4-12-33-20/h2-8,10,12-14,22,27,30H,9,11H2,1H3/t22-/m0/s1. The summed E-state index contributed by atoms with van der Waals surface area (Å²) < 4.78 is 5.34. The molecule has 0 radical (unpaired) electrons. The number of amides is 1. The molecule has 1 aliphatic heterocycles. The van der Waals surface area contributed by atoms with E-state index in [4.69, 9.17) is 4.74 Å². The number of hydrogen-bond donors (Lipinski definition) is 2. The van der Waals surface area contributed by atoms with Crippen molar-refractivity contribution in [2.45, 2.75) is 12.5 Å². The van der Waals surface area contributed by atoms with Crippen molar-refractivity contribution < 1.29 is 19.4 Å². The number of carbonyl (C=O) groups excluding carboxylic acids is 2. The van der Waals surface area contributed by atoms with E-state index >= 15 is 0 Å². The topological polar surface area (TPSA) is 95.5 Å². The van der Waals surface area contributed by atoms with Gasteiger partial charge in [-0.2, -0.15) is 0 Å². The zero-order valence-electron chi connectivity index (χ0n) is 17.8. The fraction of sp³-hybridized carbons (Fsp3) is 0.160. The second-order valence-corrected chi connectivity index (χ2v) is 8.65. The maximum absolute atomic E-state index is 13.2. The lowest BCUT2D eigenvalue weighted by Gasteiger charge is -2.26. The quantitative estimate of drug-likeness (QED) is 0.398. The van der Waals surface area contributed by atoms with Crippen LogP contribution in [-0.2, 0) is 11.2 Å². The van der Waals surface area contributed by atoms with Crippen LogP contribution in [0.25, 0.3) is 10.9 Å². The number of pyridine rings is 1. The minimum atomic E-state index is -0.756. The Bertz CT molecular complexity index is 1360. The average Bonchev–Trinajstić information content (AvgIpc) is 3.57. The van der Waals surface area contributed by atoms with Crippen molar-refractivity contribution in [3.8, 4) is 5.75 Å². The molecule has 2 N–H and O–H groups in total. The molecule has 1 aliphatic rings. The van der Waals surface area contributed by atoms with Crippen LogP contribution in [0, 0.1) is 0 Å². The molecule has 4 aromatic rings. The molecule has 0 aliphatic carbocycles. The first-order valence-electron chi connectivity index (χ1n) is 10.5. The Morgan fingerprint density at radius 3 is 2.85 bits per heavy atom. The number of aromatic amines is 1. The Morgan fingerprint density at radius 1 is 1.24 bits per heavy atom. The van der Waals surface area contributed by atoms with Crippen LogP contribution in [0.3, 0.4) is 0 Å². The van der Waals surface area contributed by atoms with E-state index in [-0.39, 0.29) is 11.4 Å². The molecule has 166 valence electrons. The minimum Gasteiger partial charge on any atom is -0.503 e. The molecular formula is C25H21N3O4S. The van der Waals surface area contributed by atoms with Crippen molar-refractivity contribution in [3.05, 3.63) is 93.8 Å². The van der Waals surface area contributed by atoms with E-state index in [1.807, 2.05) is 24.4 Å². The molecule has 33 heavy (non-hydrogen) atoms. The number of thiophene rings is 1. The zero-order valence-corrected chi connectivity index (χ0v) is 18.6. The molecule has 1 aromatic carbocycles. The third kappa shape index (κ3) is 3.68. The van der Waals surface area contributed by atoms with Gasteiger partial charge in [-0.05, 0) is 53.8 Å². The smallest absolute Gasteiger partial charge is 0.290 e. The Labute approximate surface area is 194 Å². The predicted octanol–water partition coefficient (Wildman–Crippen LogP) is 4.45. The summed E-state index contributed by atoms with van der Waals surface area (Å²) in [5.74, 6) is -0.687. The van der Waals surface area contributed by atoms with E-state index in [0.29, 0.717) is 23.5 Å². The number of rotatable bonds is 7. The molecule has 1 amide bonds. The second kappa shape index (κ2) is 8.55. The van der Waals surface area contributed by atoms with Crippen LogP contribution in [0.2, 0.25) is 0 Å². The number of carbonyl (C=O) groups is 2. The number of nitrogens with one attached hydrogen (secondary N) is 1. The third-order valence-corrected chi connectivity index (χ3v) is 6.73. The highest BCUT2D eigenvalue weighted by Crippen LogP contribution is 2.39. The van der Waals surface area contributed by atoms with Crippen molar-refractivity contribution in [3.63, 3.8) is 0 Å². The van der Waals surface area contributed by atoms with Crippen molar-refractivity contribution >= 4 is 33.9 Å². The number of benzene rings is 1. The van der Waals surface area contributed by atoms with E-state index in [9.17, 15) is 14.7 Å². The summed E-state index contributed by atoms with van der Waals surface area (Å²) >= 11 is 1.27. The molecular weight excluding hydrogens is 438 g/mol. The molecule has 4 heterocycles. The Balaban J connectivity index is 1.49. The number of aliphatic hydroxyl groups is 1. The molecule has 8 heteroatoms. The van der Waals surface area contributed by atoms with Gasteiger partial charge in [-0.1, -0.05) is 12.1 Å². The van der Waals surface area contributed by atoms with Gasteiger partial charge in [-0.3, -0.25) is 14.6 Å². The van der Waals surface area contributed by atoms with Crippen molar-refractivity contribution in [1.29, 1.82) is 0 Å². The van der Waals surface area contributed by atoms with Crippen molar-refractivity contribution in [1.82, 2.24) is 14.9 Å². The predicted molar refractivity (Wildman–Crippen MR) is 126 cm³/mol. The monoisotopic (exact) mass is 459 g/mol. The molecule has 7 nitrogen and oxygen atoms in total. The lowest BCUT2D eigenvalue weighted by molar-refractivity contribution is -0.129. The first-order chi connectivity index (χ1) is 16.1.